The average molecular weight is 352 g/mol. The Bertz CT molecular complexity index is 963. The zero-order valence-corrected chi connectivity index (χ0v) is 13.7. The summed E-state index contributed by atoms with van der Waals surface area (Å²) in [5, 5.41) is 11.7. The minimum atomic E-state index is -0.547. The van der Waals surface area contributed by atoms with Gasteiger partial charge in [0.05, 0.1) is 4.92 Å². The van der Waals surface area contributed by atoms with Crippen LogP contribution in [0.4, 0.5) is 5.69 Å². The van der Waals surface area contributed by atoms with Crippen LogP contribution >= 0.6 is 0 Å². The monoisotopic (exact) mass is 352 g/mol. The third-order valence-electron chi connectivity index (χ3n) is 3.92. The molecule has 0 bridgehead atoms. The number of hydrogen-bond acceptors (Lipinski definition) is 4. The molecule has 0 aliphatic heterocycles. The van der Waals surface area contributed by atoms with E-state index in [2.05, 4.69) is 10.9 Å². The van der Waals surface area contributed by atoms with Crippen molar-refractivity contribution in [2.75, 3.05) is 0 Å². The van der Waals surface area contributed by atoms with Gasteiger partial charge in [0.2, 0.25) is 5.91 Å². The molecule has 1 heterocycles. The number of para-hydroxylation sites is 1. The van der Waals surface area contributed by atoms with Crippen LogP contribution in [0, 0.1) is 10.1 Å². The van der Waals surface area contributed by atoms with E-state index in [9.17, 15) is 19.7 Å². The van der Waals surface area contributed by atoms with Crippen molar-refractivity contribution in [3.63, 3.8) is 0 Å². The van der Waals surface area contributed by atoms with Crippen LogP contribution in [0.25, 0.3) is 10.9 Å². The molecule has 3 rings (SSSR count). The Balaban J connectivity index is 1.50. The summed E-state index contributed by atoms with van der Waals surface area (Å²) in [5.41, 5.74) is 5.79. The van der Waals surface area contributed by atoms with Crippen molar-refractivity contribution >= 4 is 28.4 Å². The minimum Gasteiger partial charge on any atom is -0.347 e. The van der Waals surface area contributed by atoms with E-state index in [4.69, 9.17) is 0 Å². The molecule has 26 heavy (non-hydrogen) atoms. The summed E-state index contributed by atoms with van der Waals surface area (Å²) in [4.78, 5) is 33.9. The number of nitrogens with one attached hydrogen (secondary N) is 2. The molecular formula is C18H16N4O4. The Morgan fingerprint density at radius 2 is 1.73 bits per heavy atom. The predicted molar refractivity (Wildman–Crippen MR) is 95.3 cm³/mol. The number of carbonyl (C=O) groups is 2. The smallest absolute Gasteiger partial charge is 0.269 e. The van der Waals surface area contributed by atoms with Crippen molar-refractivity contribution in [2.45, 2.75) is 13.0 Å². The summed E-state index contributed by atoms with van der Waals surface area (Å²) in [6.07, 6.45) is 2.10. The third kappa shape index (κ3) is 3.86. The van der Waals surface area contributed by atoms with Crippen LogP contribution in [-0.4, -0.2) is 21.3 Å². The second kappa shape index (κ2) is 7.47. The standard InChI is InChI=1S/C18H16N4O4/c23-17(10-12-21-11-9-13-3-1-2-4-16(13)21)19-20-18(24)14-5-7-15(8-6-14)22(25)26/h1-9,11H,10,12H2,(H,19,23)(H,20,24). The van der Waals surface area contributed by atoms with E-state index in [0.717, 1.165) is 10.9 Å². The van der Waals surface area contributed by atoms with Gasteiger partial charge in [0.1, 0.15) is 0 Å². The van der Waals surface area contributed by atoms with Gasteiger partial charge in [-0.15, -0.1) is 0 Å². The van der Waals surface area contributed by atoms with E-state index in [0.29, 0.717) is 6.54 Å². The summed E-state index contributed by atoms with van der Waals surface area (Å²) >= 11 is 0. The van der Waals surface area contributed by atoms with Crippen LogP contribution < -0.4 is 10.9 Å². The van der Waals surface area contributed by atoms with Crippen molar-refractivity contribution in [2.24, 2.45) is 0 Å². The molecule has 0 saturated heterocycles. The Hall–Kier alpha value is -3.68. The third-order valence-corrected chi connectivity index (χ3v) is 3.92. The predicted octanol–water partition coefficient (Wildman–Crippen LogP) is 2.40. The second-order valence-corrected chi connectivity index (χ2v) is 5.62. The van der Waals surface area contributed by atoms with Crippen LogP contribution in [0.2, 0.25) is 0 Å². The number of benzene rings is 2. The van der Waals surface area contributed by atoms with E-state index >= 15 is 0 Å². The summed E-state index contributed by atoms with van der Waals surface area (Å²) in [6.45, 7) is 0.479. The maximum atomic E-state index is 11.9. The quantitative estimate of drug-likeness (QED) is 0.543. The molecule has 0 atom stereocenters. The summed E-state index contributed by atoms with van der Waals surface area (Å²) in [7, 11) is 0. The van der Waals surface area contributed by atoms with Gasteiger partial charge in [0, 0.05) is 42.4 Å². The molecule has 8 nitrogen and oxygen atoms in total. The fourth-order valence-corrected chi connectivity index (χ4v) is 2.55. The second-order valence-electron chi connectivity index (χ2n) is 5.62. The highest BCUT2D eigenvalue weighted by Gasteiger charge is 2.10. The first kappa shape index (κ1) is 17.2. The van der Waals surface area contributed by atoms with Crippen molar-refractivity contribution < 1.29 is 14.5 Å². The lowest BCUT2D eigenvalue weighted by molar-refractivity contribution is -0.384. The highest BCUT2D eigenvalue weighted by atomic mass is 16.6. The number of rotatable bonds is 5. The summed E-state index contributed by atoms with van der Waals surface area (Å²) in [6, 6.07) is 14.9. The largest absolute Gasteiger partial charge is 0.347 e. The van der Waals surface area contributed by atoms with Gasteiger partial charge >= 0.3 is 0 Å². The topological polar surface area (TPSA) is 106 Å². The number of hydrogen-bond donors (Lipinski definition) is 2. The normalized spacial score (nSPS) is 10.5. The molecule has 0 aliphatic carbocycles. The van der Waals surface area contributed by atoms with Crippen LogP contribution in [0.5, 0.6) is 0 Å². The first-order valence-electron chi connectivity index (χ1n) is 7.92. The van der Waals surface area contributed by atoms with Crippen LogP contribution in [0.3, 0.4) is 0 Å². The molecule has 8 heteroatoms. The molecule has 0 spiro atoms. The number of fused-ring (bicyclic) bond motifs is 1. The number of amides is 2. The van der Waals surface area contributed by atoms with Crippen molar-refractivity contribution in [1.82, 2.24) is 15.4 Å². The molecule has 1 aromatic heterocycles. The Morgan fingerprint density at radius 3 is 2.46 bits per heavy atom. The summed E-state index contributed by atoms with van der Waals surface area (Å²) < 4.78 is 1.97. The lowest BCUT2D eigenvalue weighted by atomic mass is 10.2. The Morgan fingerprint density at radius 1 is 1.00 bits per heavy atom. The SMILES string of the molecule is O=C(CCn1ccc2ccccc21)NNC(=O)c1ccc([N+](=O)[O-])cc1. The summed E-state index contributed by atoms with van der Waals surface area (Å²) in [5.74, 6) is -0.877. The van der Waals surface area contributed by atoms with E-state index < -0.39 is 10.8 Å². The highest BCUT2D eigenvalue weighted by Crippen LogP contribution is 2.15. The number of nitrogens with zero attached hydrogens (tertiary/aromatic N) is 2. The van der Waals surface area contributed by atoms with Gasteiger partial charge in [0.25, 0.3) is 11.6 Å². The number of carbonyl (C=O) groups excluding carboxylic acids is 2. The molecule has 0 fully saturated rings. The van der Waals surface area contributed by atoms with Gasteiger partial charge < -0.3 is 4.57 Å². The Labute approximate surface area is 148 Å². The fraction of sp³-hybridized carbons (Fsp3) is 0.111. The molecule has 0 saturated carbocycles. The molecule has 2 amide bonds. The molecule has 2 aromatic carbocycles. The lowest BCUT2D eigenvalue weighted by Gasteiger charge is -2.08. The number of nitro groups is 1. The first-order valence-corrected chi connectivity index (χ1v) is 7.92. The van der Waals surface area contributed by atoms with Crippen molar-refractivity contribution in [3.8, 4) is 0 Å². The van der Waals surface area contributed by atoms with Crippen molar-refractivity contribution in [3.05, 3.63) is 76.5 Å². The maximum absolute atomic E-state index is 11.9. The molecule has 0 radical (unpaired) electrons. The maximum Gasteiger partial charge on any atom is 0.269 e. The molecule has 2 N–H and O–H groups in total. The molecular weight excluding hydrogens is 336 g/mol. The lowest BCUT2D eigenvalue weighted by Crippen LogP contribution is -2.41. The van der Waals surface area contributed by atoms with E-state index in [-0.39, 0.29) is 23.6 Å². The van der Waals surface area contributed by atoms with Crippen molar-refractivity contribution in [1.29, 1.82) is 0 Å². The fourth-order valence-electron chi connectivity index (χ4n) is 2.55. The van der Waals surface area contributed by atoms with Crippen LogP contribution in [0.15, 0.2) is 60.8 Å². The zero-order chi connectivity index (χ0) is 18.5. The van der Waals surface area contributed by atoms with E-state index in [1.54, 1.807) is 0 Å². The molecule has 3 aromatic rings. The minimum absolute atomic E-state index is 0.107. The first-order chi connectivity index (χ1) is 12.5. The average Bonchev–Trinajstić information content (AvgIpc) is 3.07. The van der Waals surface area contributed by atoms with Gasteiger partial charge in [-0.2, -0.15) is 0 Å². The van der Waals surface area contributed by atoms with Gasteiger partial charge in [-0.05, 0) is 29.7 Å². The number of hydrazine groups is 1. The van der Waals surface area contributed by atoms with E-state index in [1.807, 2.05) is 41.1 Å². The number of aryl methyl sites for hydroxylation is 1. The van der Waals surface area contributed by atoms with Gasteiger partial charge in [-0.25, -0.2) is 0 Å². The number of aromatic nitrogens is 1. The Kier molecular flexibility index (Phi) is 4.93. The zero-order valence-electron chi connectivity index (χ0n) is 13.7. The van der Waals surface area contributed by atoms with Crippen LogP contribution in [-0.2, 0) is 11.3 Å². The molecule has 0 aliphatic rings. The van der Waals surface area contributed by atoms with E-state index in [1.165, 1.54) is 24.3 Å². The number of non-ortho nitro benzene ring substituents is 1. The van der Waals surface area contributed by atoms with Gasteiger partial charge in [0.15, 0.2) is 0 Å². The number of nitro benzene ring substituents is 1. The van der Waals surface area contributed by atoms with Gasteiger partial charge in [-0.1, -0.05) is 18.2 Å². The van der Waals surface area contributed by atoms with Gasteiger partial charge in [-0.3, -0.25) is 30.6 Å². The highest BCUT2D eigenvalue weighted by molar-refractivity contribution is 5.95. The van der Waals surface area contributed by atoms with Crippen LogP contribution in [0.1, 0.15) is 16.8 Å². The molecule has 132 valence electrons. The molecule has 0 unspecified atom stereocenters.